The molecule has 0 aliphatic carbocycles. The first-order valence-electron chi connectivity index (χ1n) is 9.26. The maximum absolute atomic E-state index is 13.1. The Morgan fingerprint density at radius 3 is 2.48 bits per heavy atom. The highest BCUT2D eigenvalue weighted by Gasteiger charge is 2.25. The van der Waals surface area contributed by atoms with Crippen molar-refractivity contribution in [1.29, 1.82) is 0 Å². The number of carbonyl (C=O) groups is 1. The topological polar surface area (TPSA) is 47.4 Å². The van der Waals surface area contributed by atoms with Crippen molar-refractivity contribution >= 4 is 5.91 Å². The molecule has 1 aliphatic heterocycles. The van der Waals surface area contributed by atoms with Crippen molar-refractivity contribution in [2.24, 2.45) is 0 Å². The summed E-state index contributed by atoms with van der Waals surface area (Å²) in [7, 11) is 1.65. The van der Waals surface area contributed by atoms with E-state index in [1.54, 1.807) is 11.8 Å². The number of nitrogens with zero attached hydrogens (tertiary/aromatic N) is 3. The zero-order valence-corrected chi connectivity index (χ0v) is 15.7. The lowest BCUT2D eigenvalue weighted by molar-refractivity contribution is 0.0784. The molecule has 0 atom stereocenters. The second kappa shape index (κ2) is 7.27. The first-order valence-corrected chi connectivity index (χ1v) is 9.26. The first kappa shape index (κ1) is 17.3. The molecule has 1 saturated heterocycles. The van der Waals surface area contributed by atoms with Crippen LogP contribution >= 0.6 is 0 Å². The summed E-state index contributed by atoms with van der Waals surface area (Å²) in [5.41, 5.74) is 4.34. The lowest BCUT2D eigenvalue weighted by Gasteiger charge is -2.16. The van der Waals surface area contributed by atoms with Crippen molar-refractivity contribution < 1.29 is 9.53 Å². The standard InChI is InChI=1S/C22H23N3O2/c1-16-8-10-18(11-9-16)25-21(22(26)24-12-3-4-13-24)15-20(23-25)17-6-5-7-19(14-17)27-2/h5-11,14-15H,3-4,12-13H2,1-2H3. The third-order valence-electron chi connectivity index (χ3n) is 4.97. The van der Waals surface area contributed by atoms with Crippen LogP contribution in [0, 0.1) is 6.92 Å². The minimum Gasteiger partial charge on any atom is -0.497 e. The van der Waals surface area contributed by atoms with Crippen LogP contribution in [0.1, 0.15) is 28.9 Å². The Balaban J connectivity index is 1.80. The normalized spacial score (nSPS) is 13.8. The van der Waals surface area contributed by atoms with Gasteiger partial charge < -0.3 is 9.64 Å². The van der Waals surface area contributed by atoms with E-state index in [0.717, 1.165) is 48.6 Å². The van der Waals surface area contributed by atoms with E-state index in [1.807, 2.05) is 66.4 Å². The van der Waals surface area contributed by atoms with E-state index in [0.29, 0.717) is 5.69 Å². The van der Waals surface area contributed by atoms with Gasteiger partial charge in [0.1, 0.15) is 11.4 Å². The van der Waals surface area contributed by atoms with E-state index in [1.165, 1.54) is 5.56 Å². The maximum Gasteiger partial charge on any atom is 0.272 e. The molecule has 2 aromatic carbocycles. The van der Waals surface area contributed by atoms with Crippen molar-refractivity contribution in [2.75, 3.05) is 20.2 Å². The fourth-order valence-corrected chi connectivity index (χ4v) is 3.42. The minimum absolute atomic E-state index is 0.0368. The van der Waals surface area contributed by atoms with Gasteiger partial charge in [0.05, 0.1) is 18.5 Å². The zero-order valence-electron chi connectivity index (χ0n) is 15.7. The van der Waals surface area contributed by atoms with Gasteiger partial charge in [0.2, 0.25) is 0 Å². The molecule has 1 fully saturated rings. The molecule has 0 spiro atoms. The molecule has 1 aromatic heterocycles. The number of carbonyl (C=O) groups excluding carboxylic acids is 1. The number of amides is 1. The molecule has 2 heterocycles. The number of ether oxygens (including phenoxy) is 1. The van der Waals surface area contributed by atoms with Crippen LogP contribution < -0.4 is 4.74 Å². The molecular weight excluding hydrogens is 338 g/mol. The zero-order chi connectivity index (χ0) is 18.8. The molecule has 1 amide bonds. The van der Waals surface area contributed by atoms with Gasteiger partial charge in [-0.25, -0.2) is 4.68 Å². The summed E-state index contributed by atoms with van der Waals surface area (Å²) < 4.78 is 7.09. The molecule has 4 rings (SSSR count). The number of likely N-dealkylation sites (tertiary alicyclic amines) is 1. The highest BCUT2D eigenvalue weighted by molar-refractivity contribution is 5.94. The van der Waals surface area contributed by atoms with E-state index < -0.39 is 0 Å². The molecule has 138 valence electrons. The predicted octanol–water partition coefficient (Wildman–Crippen LogP) is 4.09. The van der Waals surface area contributed by atoms with Gasteiger partial charge in [-0.1, -0.05) is 29.8 Å². The second-order valence-electron chi connectivity index (χ2n) is 6.89. The van der Waals surface area contributed by atoms with Crippen molar-refractivity contribution in [2.45, 2.75) is 19.8 Å². The molecule has 0 bridgehead atoms. The average Bonchev–Trinajstić information content (AvgIpc) is 3.38. The van der Waals surface area contributed by atoms with E-state index in [4.69, 9.17) is 9.84 Å². The van der Waals surface area contributed by atoms with E-state index in [9.17, 15) is 4.79 Å². The Labute approximate surface area is 159 Å². The van der Waals surface area contributed by atoms with Crippen LogP contribution in [0.15, 0.2) is 54.6 Å². The van der Waals surface area contributed by atoms with E-state index in [2.05, 4.69) is 0 Å². The summed E-state index contributed by atoms with van der Waals surface area (Å²) in [6, 6.07) is 17.7. The van der Waals surface area contributed by atoms with Gasteiger partial charge in [-0.05, 0) is 50.1 Å². The molecule has 0 radical (unpaired) electrons. The second-order valence-corrected chi connectivity index (χ2v) is 6.89. The number of aromatic nitrogens is 2. The van der Waals surface area contributed by atoms with Gasteiger partial charge in [0.15, 0.2) is 0 Å². The SMILES string of the molecule is COc1cccc(-c2cc(C(=O)N3CCCC3)n(-c3ccc(C)cc3)n2)c1. The minimum atomic E-state index is 0.0368. The van der Waals surface area contributed by atoms with E-state index >= 15 is 0 Å². The quantitative estimate of drug-likeness (QED) is 0.703. The van der Waals surface area contributed by atoms with Crippen molar-refractivity contribution in [3.63, 3.8) is 0 Å². The van der Waals surface area contributed by atoms with Gasteiger partial charge >= 0.3 is 0 Å². The monoisotopic (exact) mass is 361 g/mol. The summed E-state index contributed by atoms with van der Waals surface area (Å²) in [5, 5.41) is 4.76. The van der Waals surface area contributed by atoms with Gasteiger partial charge in [-0.15, -0.1) is 0 Å². The fourth-order valence-electron chi connectivity index (χ4n) is 3.42. The highest BCUT2D eigenvalue weighted by Crippen LogP contribution is 2.26. The number of methoxy groups -OCH3 is 1. The molecule has 1 aliphatic rings. The summed E-state index contributed by atoms with van der Waals surface area (Å²) >= 11 is 0. The Morgan fingerprint density at radius 1 is 1.04 bits per heavy atom. The average molecular weight is 361 g/mol. The fraction of sp³-hybridized carbons (Fsp3) is 0.273. The molecule has 27 heavy (non-hydrogen) atoms. The Hall–Kier alpha value is -3.08. The van der Waals surface area contributed by atoms with Crippen molar-refractivity contribution in [3.05, 3.63) is 65.9 Å². The van der Waals surface area contributed by atoms with Crippen LogP contribution in [-0.4, -0.2) is 40.8 Å². The molecule has 3 aromatic rings. The molecule has 5 heteroatoms. The lowest BCUT2D eigenvalue weighted by Crippen LogP contribution is -2.29. The summed E-state index contributed by atoms with van der Waals surface area (Å²) in [6.07, 6.45) is 2.13. The van der Waals surface area contributed by atoms with Crippen LogP contribution in [0.3, 0.4) is 0 Å². The summed E-state index contributed by atoms with van der Waals surface area (Å²) in [5.74, 6) is 0.805. The Kier molecular flexibility index (Phi) is 4.67. The number of aryl methyl sites for hydroxylation is 1. The van der Waals surface area contributed by atoms with Gasteiger partial charge in [-0.2, -0.15) is 5.10 Å². The molecular formula is C22H23N3O2. The lowest BCUT2D eigenvalue weighted by atomic mass is 10.1. The molecule has 5 nitrogen and oxygen atoms in total. The largest absolute Gasteiger partial charge is 0.497 e. The number of rotatable bonds is 4. The smallest absolute Gasteiger partial charge is 0.272 e. The van der Waals surface area contributed by atoms with Gasteiger partial charge in [-0.3, -0.25) is 4.79 Å². The van der Waals surface area contributed by atoms with Crippen molar-refractivity contribution in [3.8, 4) is 22.7 Å². The van der Waals surface area contributed by atoms with Gasteiger partial charge in [0, 0.05) is 18.7 Å². The van der Waals surface area contributed by atoms with Crippen LogP contribution in [0.5, 0.6) is 5.75 Å². The molecule has 0 saturated carbocycles. The molecule has 0 N–H and O–H groups in total. The van der Waals surface area contributed by atoms with Crippen LogP contribution in [0.2, 0.25) is 0 Å². The van der Waals surface area contributed by atoms with E-state index in [-0.39, 0.29) is 5.91 Å². The van der Waals surface area contributed by atoms with Crippen LogP contribution in [-0.2, 0) is 0 Å². The number of hydrogen-bond acceptors (Lipinski definition) is 3. The molecule has 0 unspecified atom stereocenters. The van der Waals surface area contributed by atoms with Crippen molar-refractivity contribution in [1.82, 2.24) is 14.7 Å². The predicted molar refractivity (Wildman–Crippen MR) is 105 cm³/mol. The number of benzene rings is 2. The summed E-state index contributed by atoms with van der Waals surface area (Å²) in [6.45, 7) is 3.67. The van der Waals surface area contributed by atoms with Crippen LogP contribution in [0.4, 0.5) is 0 Å². The van der Waals surface area contributed by atoms with Gasteiger partial charge in [0.25, 0.3) is 5.91 Å². The summed E-state index contributed by atoms with van der Waals surface area (Å²) in [4.78, 5) is 15.0. The maximum atomic E-state index is 13.1. The third-order valence-corrected chi connectivity index (χ3v) is 4.97. The Morgan fingerprint density at radius 2 is 1.78 bits per heavy atom. The Bertz CT molecular complexity index is 954. The van der Waals surface area contributed by atoms with Crippen LogP contribution in [0.25, 0.3) is 16.9 Å². The highest BCUT2D eigenvalue weighted by atomic mass is 16.5. The number of hydrogen-bond donors (Lipinski definition) is 0. The first-order chi connectivity index (χ1) is 13.2. The third kappa shape index (κ3) is 3.45.